The molecule has 4 nitrogen and oxygen atoms in total. The molecule has 0 aliphatic carbocycles. The highest BCUT2D eigenvalue weighted by Crippen LogP contribution is 2.42. The summed E-state index contributed by atoms with van der Waals surface area (Å²) in [4.78, 5) is -0.631. The molecule has 0 atom stereocenters. The number of phenolic OH excluding ortho intramolecular Hbond substituents is 2. The van der Waals surface area contributed by atoms with Gasteiger partial charge < -0.3 is 10.2 Å². The largest absolute Gasteiger partial charge is 0.505 e. The molecule has 0 saturated carbocycles. The highest BCUT2D eigenvalue weighted by atomic mass is 79.9. The smallest absolute Gasteiger partial charge is 0.214 e. The molecule has 2 aromatic rings. The van der Waals surface area contributed by atoms with Gasteiger partial charge in [0, 0.05) is 8.95 Å². The van der Waals surface area contributed by atoms with Gasteiger partial charge in [-0.3, -0.25) is 0 Å². The van der Waals surface area contributed by atoms with E-state index in [1.807, 2.05) is 0 Å². The van der Waals surface area contributed by atoms with Crippen molar-refractivity contribution in [3.05, 3.63) is 42.2 Å². The van der Waals surface area contributed by atoms with E-state index in [0.717, 1.165) is 0 Å². The predicted molar refractivity (Wildman–Crippen MR) is 92.5 cm³/mol. The van der Waals surface area contributed by atoms with Crippen LogP contribution in [0.5, 0.6) is 11.5 Å². The number of benzene rings is 2. The van der Waals surface area contributed by atoms with Gasteiger partial charge in [0.1, 0.15) is 21.3 Å². The van der Waals surface area contributed by atoms with Crippen LogP contribution >= 0.6 is 63.7 Å². The lowest BCUT2D eigenvalue weighted by Crippen LogP contribution is -2.04. The molecular weight excluding hydrogens is 560 g/mol. The molecule has 2 N–H and O–H groups in total. The van der Waals surface area contributed by atoms with Gasteiger partial charge in [0.15, 0.2) is 0 Å². The minimum absolute atomic E-state index is 0.226. The molecular formula is C12H6Br4O4S. The first-order valence-corrected chi connectivity index (χ1v) is 9.91. The highest BCUT2D eigenvalue weighted by Gasteiger charge is 2.28. The summed E-state index contributed by atoms with van der Waals surface area (Å²) in [7, 11) is -4.11. The maximum Gasteiger partial charge on any atom is 0.214 e. The molecule has 21 heavy (non-hydrogen) atoms. The first kappa shape index (κ1) is 17.3. The molecule has 0 unspecified atom stereocenters. The highest BCUT2D eigenvalue weighted by molar-refractivity contribution is 9.11. The van der Waals surface area contributed by atoms with E-state index in [0.29, 0.717) is 8.95 Å². The Morgan fingerprint density at radius 2 is 1.05 bits per heavy atom. The van der Waals surface area contributed by atoms with Crippen LogP contribution in [-0.2, 0) is 9.84 Å². The van der Waals surface area contributed by atoms with Crippen LogP contribution in [0.2, 0.25) is 0 Å². The SMILES string of the molecule is O=S(=O)(c1cc(Br)cc(Br)c1O)c1cc(Br)cc(Br)c1O. The number of rotatable bonds is 2. The van der Waals surface area contributed by atoms with Crippen molar-refractivity contribution in [1.29, 1.82) is 0 Å². The zero-order valence-electron chi connectivity index (χ0n) is 9.94. The molecule has 0 bridgehead atoms. The Balaban J connectivity index is 2.81. The molecule has 9 heteroatoms. The first-order valence-electron chi connectivity index (χ1n) is 5.25. The van der Waals surface area contributed by atoms with E-state index < -0.39 is 21.3 Å². The van der Waals surface area contributed by atoms with Crippen LogP contribution in [0, 0.1) is 0 Å². The van der Waals surface area contributed by atoms with E-state index in [4.69, 9.17) is 0 Å². The Morgan fingerprint density at radius 1 is 0.714 bits per heavy atom. The standard InChI is InChI=1S/C12H6Br4O4S/c13-5-1-7(15)11(17)9(3-5)21(19,20)10-4-6(14)2-8(16)12(10)18/h1-4,17-18H. The van der Waals surface area contributed by atoms with Gasteiger partial charge in [-0.1, -0.05) is 31.9 Å². The van der Waals surface area contributed by atoms with E-state index in [1.54, 1.807) is 0 Å². The van der Waals surface area contributed by atoms with Gasteiger partial charge >= 0.3 is 0 Å². The van der Waals surface area contributed by atoms with Crippen LogP contribution < -0.4 is 0 Å². The van der Waals surface area contributed by atoms with Crippen LogP contribution in [0.1, 0.15) is 0 Å². The molecule has 2 aromatic carbocycles. The van der Waals surface area contributed by atoms with E-state index in [2.05, 4.69) is 63.7 Å². The number of halogens is 4. The predicted octanol–water partition coefficient (Wildman–Crippen LogP) is 4.98. The van der Waals surface area contributed by atoms with E-state index in [9.17, 15) is 18.6 Å². The summed E-state index contributed by atoms with van der Waals surface area (Å²) in [5.41, 5.74) is 0. The van der Waals surface area contributed by atoms with Gasteiger partial charge in [-0.15, -0.1) is 0 Å². The van der Waals surface area contributed by atoms with Gasteiger partial charge in [-0.05, 0) is 56.1 Å². The molecule has 0 aliphatic rings. The lowest BCUT2D eigenvalue weighted by molar-refractivity contribution is 0.449. The third kappa shape index (κ3) is 3.31. The number of hydrogen-bond donors (Lipinski definition) is 2. The summed E-state index contributed by atoms with van der Waals surface area (Å²) in [6, 6.07) is 5.57. The molecule has 2 rings (SSSR count). The quantitative estimate of drug-likeness (QED) is 0.539. The van der Waals surface area contributed by atoms with Crippen LogP contribution in [0.3, 0.4) is 0 Å². The molecule has 0 saturated heterocycles. The molecule has 0 aliphatic heterocycles. The number of aromatic hydroxyl groups is 2. The lowest BCUT2D eigenvalue weighted by Gasteiger charge is -2.11. The molecule has 0 spiro atoms. The van der Waals surface area contributed by atoms with Crippen molar-refractivity contribution in [2.75, 3.05) is 0 Å². The van der Waals surface area contributed by atoms with Crippen molar-refractivity contribution >= 4 is 73.6 Å². The summed E-state index contributed by atoms with van der Waals surface area (Å²) < 4.78 is 26.8. The second-order valence-corrected chi connectivity index (χ2v) is 9.40. The second-order valence-electron chi connectivity index (χ2n) is 3.97. The average molecular weight is 566 g/mol. The second kappa shape index (κ2) is 6.19. The zero-order valence-corrected chi connectivity index (χ0v) is 17.1. The molecule has 0 fully saturated rings. The normalized spacial score (nSPS) is 11.6. The molecule has 0 radical (unpaired) electrons. The van der Waals surface area contributed by atoms with Gasteiger partial charge in [0.2, 0.25) is 9.84 Å². The summed E-state index contributed by atoms with van der Waals surface area (Å²) in [5.74, 6) is -0.845. The van der Waals surface area contributed by atoms with Gasteiger partial charge in [-0.2, -0.15) is 0 Å². The van der Waals surface area contributed by atoms with Gasteiger partial charge in [0.05, 0.1) is 8.95 Å². The fourth-order valence-electron chi connectivity index (χ4n) is 1.61. The third-order valence-electron chi connectivity index (χ3n) is 2.57. The van der Waals surface area contributed by atoms with Crippen molar-refractivity contribution in [1.82, 2.24) is 0 Å². The number of hydrogen-bond acceptors (Lipinski definition) is 4. The summed E-state index contributed by atoms with van der Waals surface area (Å²) >= 11 is 12.5. The third-order valence-corrected chi connectivity index (χ3v) is 6.47. The summed E-state index contributed by atoms with van der Waals surface area (Å²) in [5, 5.41) is 20.0. The minimum Gasteiger partial charge on any atom is -0.505 e. The Hall–Kier alpha value is -0.0900. The van der Waals surface area contributed by atoms with Gasteiger partial charge in [0.25, 0.3) is 0 Å². The maximum atomic E-state index is 12.7. The van der Waals surface area contributed by atoms with Crippen LogP contribution in [0.4, 0.5) is 0 Å². The van der Waals surface area contributed by atoms with Crippen LogP contribution in [0.25, 0.3) is 0 Å². The maximum absolute atomic E-state index is 12.7. The topological polar surface area (TPSA) is 74.6 Å². The van der Waals surface area contributed by atoms with E-state index in [1.165, 1.54) is 24.3 Å². The van der Waals surface area contributed by atoms with Crippen molar-refractivity contribution in [2.45, 2.75) is 9.79 Å². The number of phenols is 2. The van der Waals surface area contributed by atoms with Gasteiger partial charge in [-0.25, -0.2) is 8.42 Å². The van der Waals surface area contributed by atoms with Crippen molar-refractivity contribution in [3.8, 4) is 11.5 Å². The van der Waals surface area contributed by atoms with Crippen LogP contribution in [0.15, 0.2) is 51.9 Å². The molecule has 0 aromatic heterocycles. The Kier molecular flexibility index (Phi) is 5.09. The zero-order chi connectivity index (χ0) is 15.9. The molecule has 0 heterocycles. The summed E-state index contributed by atoms with van der Waals surface area (Å²) in [6.07, 6.45) is 0. The number of sulfone groups is 1. The van der Waals surface area contributed by atoms with Crippen molar-refractivity contribution in [3.63, 3.8) is 0 Å². The minimum atomic E-state index is -4.11. The fraction of sp³-hybridized carbons (Fsp3) is 0. The fourth-order valence-corrected chi connectivity index (χ4v) is 6.16. The Morgan fingerprint density at radius 3 is 1.38 bits per heavy atom. The molecule has 112 valence electrons. The van der Waals surface area contributed by atoms with E-state index >= 15 is 0 Å². The van der Waals surface area contributed by atoms with Crippen LogP contribution in [-0.4, -0.2) is 18.6 Å². The molecule has 0 amide bonds. The monoisotopic (exact) mass is 562 g/mol. The average Bonchev–Trinajstić information content (AvgIpc) is 2.37. The summed E-state index contributed by atoms with van der Waals surface area (Å²) in [6.45, 7) is 0. The van der Waals surface area contributed by atoms with E-state index in [-0.39, 0.29) is 18.7 Å². The Labute approximate surface area is 154 Å². The van der Waals surface area contributed by atoms with Crippen molar-refractivity contribution in [2.24, 2.45) is 0 Å². The first-order chi connectivity index (χ1) is 9.64. The Bertz CT molecular complexity index is 770. The lowest BCUT2D eigenvalue weighted by atomic mass is 10.3. The van der Waals surface area contributed by atoms with Crippen molar-refractivity contribution < 1.29 is 18.6 Å².